The molecule has 0 bridgehead atoms. The van der Waals surface area contributed by atoms with E-state index in [0.29, 0.717) is 11.2 Å². The van der Waals surface area contributed by atoms with E-state index in [2.05, 4.69) is 20.2 Å². The predicted octanol–water partition coefficient (Wildman–Crippen LogP) is 2.44. The van der Waals surface area contributed by atoms with Crippen LogP contribution in [0.25, 0.3) is 22.0 Å². The standard InChI is InChI=1S/C14H14N4O/c1-8(2)13-17-12-10(9-6-15-16-7-9)4-3-5-11(12)14(19)18-13/h3-8H,1-2H3,(H,15,16)(H,17,18,19). The Labute approximate surface area is 109 Å². The summed E-state index contributed by atoms with van der Waals surface area (Å²) in [7, 11) is 0. The number of hydrogen-bond acceptors (Lipinski definition) is 3. The molecule has 96 valence electrons. The van der Waals surface area contributed by atoms with Crippen molar-refractivity contribution >= 4 is 10.9 Å². The molecule has 0 spiro atoms. The molecular weight excluding hydrogens is 240 g/mol. The van der Waals surface area contributed by atoms with Gasteiger partial charge in [-0.1, -0.05) is 26.0 Å². The molecule has 0 fully saturated rings. The lowest BCUT2D eigenvalue weighted by atomic mass is 10.1. The van der Waals surface area contributed by atoms with Crippen molar-refractivity contribution in [2.45, 2.75) is 19.8 Å². The van der Waals surface area contributed by atoms with Crippen LogP contribution in [-0.2, 0) is 0 Å². The Morgan fingerprint density at radius 2 is 2.11 bits per heavy atom. The van der Waals surface area contributed by atoms with E-state index in [1.54, 1.807) is 18.5 Å². The normalized spacial score (nSPS) is 11.3. The summed E-state index contributed by atoms with van der Waals surface area (Å²) < 4.78 is 0. The van der Waals surface area contributed by atoms with Crippen molar-refractivity contribution in [1.82, 2.24) is 20.2 Å². The van der Waals surface area contributed by atoms with Gasteiger partial charge in [-0.05, 0) is 6.07 Å². The van der Waals surface area contributed by atoms with Crippen LogP contribution in [0.2, 0.25) is 0 Å². The van der Waals surface area contributed by atoms with Gasteiger partial charge in [-0.25, -0.2) is 4.98 Å². The average molecular weight is 254 g/mol. The van der Waals surface area contributed by atoms with Crippen LogP contribution < -0.4 is 5.56 Å². The van der Waals surface area contributed by atoms with Gasteiger partial charge in [0.1, 0.15) is 5.82 Å². The minimum Gasteiger partial charge on any atom is -0.310 e. The van der Waals surface area contributed by atoms with Crippen molar-refractivity contribution < 1.29 is 0 Å². The summed E-state index contributed by atoms with van der Waals surface area (Å²) in [4.78, 5) is 19.5. The molecule has 2 heterocycles. The lowest BCUT2D eigenvalue weighted by Crippen LogP contribution is -2.13. The van der Waals surface area contributed by atoms with E-state index in [9.17, 15) is 4.79 Å². The largest absolute Gasteiger partial charge is 0.310 e. The van der Waals surface area contributed by atoms with Crippen molar-refractivity contribution in [3.63, 3.8) is 0 Å². The van der Waals surface area contributed by atoms with Gasteiger partial charge in [0.25, 0.3) is 5.56 Å². The third-order valence-corrected chi connectivity index (χ3v) is 3.11. The molecule has 3 aromatic rings. The second-order valence-corrected chi connectivity index (χ2v) is 4.79. The van der Waals surface area contributed by atoms with E-state index in [1.165, 1.54) is 0 Å². The summed E-state index contributed by atoms with van der Waals surface area (Å²) >= 11 is 0. The highest BCUT2D eigenvalue weighted by Crippen LogP contribution is 2.25. The Balaban J connectivity index is 2.38. The van der Waals surface area contributed by atoms with Crippen molar-refractivity contribution in [1.29, 1.82) is 0 Å². The van der Waals surface area contributed by atoms with Gasteiger partial charge >= 0.3 is 0 Å². The molecular formula is C14H14N4O. The lowest BCUT2D eigenvalue weighted by Gasteiger charge is -2.08. The first-order valence-corrected chi connectivity index (χ1v) is 6.19. The first-order chi connectivity index (χ1) is 9.16. The maximum absolute atomic E-state index is 12.1. The van der Waals surface area contributed by atoms with Gasteiger partial charge in [-0.15, -0.1) is 0 Å². The molecule has 0 aliphatic heterocycles. The fraction of sp³-hybridized carbons (Fsp3) is 0.214. The maximum atomic E-state index is 12.1. The topological polar surface area (TPSA) is 74.4 Å². The predicted molar refractivity (Wildman–Crippen MR) is 74.0 cm³/mol. The number of aromatic nitrogens is 4. The highest BCUT2D eigenvalue weighted by molar-refractivity contribution is 5.92. The average Bonchev–Trinajstić information content (AvgIpc) is 2.91. The molecule has 0 unspecified atom stereocenters. The Hall–Kier alpha value is -2.43. The molecule has 0 aliphatic carbocycles. The van der Waals surface area contributed by atoms with Gasteiger partial charge in [0.2, 0.25) is 0 Å². The molecule has 0 saturated carbocycles. The van der Waals surface area contributed by atoms with Gasteiger partial charge in [0, 0.05) is 23.2 Å². The zero-order valence-electron chi connectivity index (χ0n) is 10.8. The van der Waals surface area contributed by atoms with Crippen molar-refractivity contribution in [3.8, 4) is 11.1 Å². The zero-order valence-corrected chi connectivity index (χ0v) is 10.8. The van der Waals surface area contributed by atoms with Gasteiger partial charge < -0.3 is 4.98 Å². The highest BCUT2D eigenvalue weighted by Gasteiger charge is 2.11. The Bertz CT molecular complexity index is 772. The molecule has 5 heteroatoms. The second-order valence-electron chi connectivity index (χ2n) is 4.79. The number of nitrogens with zero attached hydrogens (tertiary/aromatic N) is 2. The van der Waals surface area contributed by atoms with E-state index in [0.717, 1.165) is 16.6 Å². The van der Waals surface area contributed by atoms with Crippen LogP contribution in [0.1, 0.15) is 25.6 Å². The minimum absolute atomic E-state index is 0.0981. The third-order valence-electron chi connectivity index (χ3n) is 3.11. The van der Waals surface area contributed by atoms with E-state index >= 15 is 0 Å². The number of benzene rings is 1. The van der Waals surface area contributed by atoms with Crippen LogP contribution in [0.3, 0.4) is 0 Å². The number of para-hydroxylation sites is 1. The zero-order chi connectivity index (χ0) is 13.4. The van der Waals surface area contributed by atoms with E-state index in [1.807, 2.05) is 26.0 Å². The van der Waals surface area contributed by atoms with Crippen LogP contribution in [-0.4, -0.2) is 20.2 Å². The molecule has 0 radical (unpaired) electrons. The van der Waals surface area contributed by atoms with Gasteiger partial charge in [0.15, 0.2) is 0 Å². The first kappa shape index (κ1) is 11.6. The van der Waals surface area contributed by atoms with E-state index < -0.39 is 0 Å². The van der Waals surface area contributed by atoms with Crippen LogP contribution in [0.5, 0.6) is 0 Å². The van der Waals surface area contributed by atoms with Crippen molar-refractivity contribution in [3.05, 3.63) is 46.8 Å². The summed E-state index contributed by atoms with van der Waals surface area (Å²) in [6.45, 7) is 4.01. The summed E-state index contributed by atoms with van der Waals surface area (Å²) in [5.74, 6) is 0.878. The summed E-state index contributed by atoms with van der Waals surface area (Å²) in [6.07, 6.45) is 3.53. The molecule has 19 heavy (non-hydrogen) atoms. The van der Waals surface area contributed by atoms with Gasteiger partial charge in [-0.2, -0.15) is 5.10 Å². The summed E-state index contributed by atoms with van der Waals surface area (Å²) in [6, 6.07) is 5.59. The van der Waals surface area contributed by atoms with Crippen LogP contribution in [0.15, 0.2) is 35.4 Å². The van der Waals surface area contributed by atoms with Crippen molar-refractivity contribution in [2.24, 2.45) is 0 Å². The van der Waals surface area contributed by atoms with E-state index in [-0.39, 0.29) is 11.5 Å². The van der Waals surface area contributed by atoms with Crippen LogP contribution in [0, 0.1) is 0 Å². The molecule has 1 aromatic carbocycles. The minimum atomic E-state index is -0.0981. The summed E-state index contributed by atoms with van der Waals surface area (Å²) in [5, 5.41) is 7.33. The number of aromatic amines is 2. The Morgan fingerprint density at radius 3 is 2.79 bits per heavy atom. The Kier molecular flexibility index (Phi) is 2.67. The number of hydrogen-bond donors (Lipinski definition) is 2. The molecule has 5 nitrogen and oxygen atoms in total. The van der Waals surface area contributed by atoms with Crippen molar-refractivity contribution in [2.75, 3.05) is 0 Å². The van der Waals surface area contributed by atoms with E-state index in [4.69, 9.17) is 0 Å². The smallest absolute Gasteiger partial charge is 0.258 e. The first-order valence-electron chi connectivity index (χ1n) is 6.19. The molecule has 0 saturated heterocycles. The molecule has 0 aliphatic rings. The third kappa shape index (κ3) is 1.93. The summed E-state index contributed by atoms with van der Waals surface area (Å²) in [5.41, 5.74) is 2.47. The molecule has 0 amide bonds. The highest BCUT2D eigenvalue weighted by atomic mass is 16.1. The van der Waals surface area contributed by atoms with Gasteiger partial charge in [-0.3, -0.25) is 9.89 Å². The number of fused-ring (bicyclic) bond motifs is 1. The number of H-pyrrole nitrogens is 2. The molecule has 0 atom stereocenters. The number of rotatable bonds is 2. The second kappa shape index (κ2) is 4.35. The number of nitrogens with one attached hydrogen (secondary N) is 2. The quantitative estimate of drug-likeness (QED) is 0.737. The molecule has 2 aromatic heterocycles. The Morgan fingerprint density at radius 1 is 1.26 bits per heavy atom. The van der Waals surface area contributed by atoms with Crippen LogP contribution >= 0.6 is 0 Å². The van der Waals surface area contributed by atoms with Crippen LogP contribution in [0.4, 0.5) is 0 Å². The van der Waals surface area contributed by atoms with Gasteiger partial charge in [0.05, 0.1) is 17.1 Å². The monoisotopic (exact) mass is 254 g/mol. The SMILES string of the molecule is CC(C)c1nc2c(-c3cn[nH]c3)cccc2c(=O)[nH]1. The molecule has 3 rings (SSSR count). The maximum Gasteiger partial charge on any atom is 0.258 e. The lowest BCUT2D eigenvalue weighted by molar-refractivity contribution is 0.777. The molecule has 2 N–H and O–H groups in total. The fourth-order valence-electron chi connectivity index (χ4n) is 2.08. The fourth-order valence-corrected chi connectivity index (χ4v) is 2.08.